The van der Waals surface area contributed by atoms with Gasteiger partial charge in [-0.15, -0.1) is 0 Å². The summed E-state index contributed by atoms with van der Waals surface area (Å²) in [5.74, 6) is -2.23. The molecule has 7 nitrogen and oxygen atoms in total. The Hall–Kier alpha value is -4.34. The second-order valence-electron chi connectivity index (χ2n) is 8.34. The van der Waals surface area contributed by atoms with Gasteiger partial charge in [-0.2, -0.15) is 4.98 Å². The standard InChI is InChI=1S/C26H22F3N5O2/c1-14-8-15(6-7-30-14)18-5-4-17(11-22(18)35-3)32-26-31-12-23-25(33-26)34(2)21(13-36-23)16-9-19(27)24(29)20(28)10-16/h4-12,21H,13H2,1-3H3,(H,31,32,33). The maximum atomic E-state index is 13.8. The average Bonchev–Trinajstić information content (AvgIpc) is 2.87. The number of nitrogens with one attached hydrogen (secondary N) is 1. The molecule has 0 saturated carbocycles. The first-order valence-corrected chi connectivity index (χ1v) is 11.1. The molecule has 2 aromatic heterocycles. The van der Waals surface area contributed by atoms with E-state index >= 15 is 0 Å². The molecule has 5 rings (SSSR count). The summed E-state index contributed by atoms with van der Waals surface area (Å²) in [5.41, 5.74) is 3.72. The summed E-state index contributed by atoms with van der Waals surface area (Å²) < 4.78 is 52.4. The molecule has 184 valence electrons. The highest BCUT2D eigenvalue weighted by Crippen LogP contribution is 2.38. The summed E-state index contributed by atoms with van der Waals surface area (Å²) in [6.45, 7) is 2.02. The van der Waals surface area contributed by atoms with E-state index in [4.69, 9.17) is 9.47 Å². The Morgan fingerprint density at radius 2 is 1.83 bits per heavy atom. The van der Waals surface area contributed by atoms with Crippen LogP contribution in [0.4, 0.5) is 30.6 Å². The van der Waals surface area contributed by atoms with Crippen molar-refractivity contribution in [1.82, 2.24) is 15.0 Å². The van der Waals surface area contributed by atoms with Gasteiger partial charge in [-0.25, -0.2) is 18.2 Å². The number of methoxy groups -OCH3 is 1. The van der Waals surface area contributed by atoms with Gasteiger partial charge in [0.15, 0.2) is 29.0 Å². The molecule has 0 saturated heterocycles. The number of likely N-dealkylation sites (N-methyl/N-ethyl adjacent to an activating group) is 1. The van der Waals surface area contributed by atoms with Crippen LogP contribution in [0.25, 0.3) is 11.1 Å². The first kappa shape index (κ1) is 23.4. The van der Waals surface area contributed by atoms with Gasteiger partial charge in [-0.3, -0.25) is 4.98 Å². The van der Waals surface area contributed by atoms with Crippen LogP contribution in [0.2, 0.25) is 0 Å². The number of hydrogen-bond acceptors (Lipinski definition) is 7. The van der Waals surface area contributed by atoms with Gasteiger partial charge in [0.2, 0.25) is 5.95 Å². The third-order valence-electron chi connectivity index (χ3n) is 5.99. The molecule has 1 unspecified atom stereocenters. The monoisotopic (exact) mass is 493 g/mol. The van der Waals surface area contributed by atoms with Crippen LogP contribution in [0.1, 0.15) is 17.3 Å². The number of benzene rings is 2. The van der Waals surface area contributed by atoms with Gasteiger partial charge >= 0.3 is 0 Å². The third-order valence-corrected chi connectivity index (χ3v) is 5.99. The van der Waals surface area contributed by atoms with E-state index in [0.29, 0.717) is 23.0 Å². The predicted octanol–water partition coefficient (Wildman–Crippen LogP) is 5.59. The molecule has 1 aliphatic rings. The highest BCUT2D eigenvalue weighted by Gasteiger charge is 2.29. The summed E-state index contributed by atoms with van der Waals surface area (Å²) in [6, 6.07) is 10.9. The van der Waals surface area contributed by atoms with Crippen molar-refractivity contribution in [1.29, 1.82) is 0 Å². The lowest BCUT2D eigenvalue weighted by Gasteiger charge is -2.35. The van der Waals surface area contributed by atoms with Crippen LogP contribution in [0.15, 0.2) is 54.9 Å². The zero-order valence-corrected chi connectivity index (χ0v) is 19.7. The van der Waals surface area contributed by atoms with E-state index in [-0.39, 0.29) is 18.1 Å². The first-order chi connectivity index (χ1) is 17.3. The van der Waals surface area contributed by atoms with Crippen molar-refractivity contribution >= 4 is 17.5 Å². The molecule has 0 bridgehead atoms. The molecule has 2 aromatic carbocycles. The van der Waals surface area contributed by atoms with Crippen LogP contribution in [0, 0.1) is 24.4 Å². The predicted molar refractivity (Wildman–Crippen MR) is 129 cm³/mol. The third kappa shape index (κ3) is 4.37. The van der Waals surface area contributed by atoms with Gasteiger partial charge < -0.3 is 19.7 Å². The fraction of sp³-hybridized carbons (Fsp3) is 0.192. The number of pyridine rings is 1. The van der Waals surface area contributed by atoms with E-state index in [1.165, 1.54) is 6.20 Å². The number of ether oxygens (including phenoxy) is 2. The van der Waals surface area contributed by atoms with Crippen molar-refractivity contribution < 1.29 is 22.6 Å². The molecular formula is C26H22F3N5O2. The van der Waals surface area contributed by atoms with Crippen molar-refractivity contribution in [2.45, 2.75) is 13.0 Å². The fourth-order valence-corrected chi connectivity index (χ4v) is 4.14. The molecule has 0 radical (unpaired) electrons. The molecule has 0 amide bonds. The minimum atomic E-state index is -1.51. The zero-order chi connectivity index (χ0) is 25.4. The molecule has 36 heavy (non-hydrogen) atoms. The van der Waals surface area contributed by atoms with Gasteiger partial charge in [-0.05, 0) is 54.4 Å². The second-order valence-corrected chi connectivity index (χ2v) is 8.34. The Morgan fingerprint density at radius 3 is 2.56 bits per heavy atom. The van der Waals surface area contributed by atoms with Crippen molar-refractivity contribution in [2.75, 3.05) is 31.0 Å². The van der Waals surface area contributed by atoms with Gasteiger partial charge in [0, 0.05) is 36.3 Å². The Bertz CT molecular complexity index is 1430. The lowest BCUT2D eigenvalue weighted by molar-refractivity contribution is 0.264. The SMILES string of the molecule is COc1cc(Nc2ncc3c(n2)N(C)C(c2cc(F)c(F)c(F)c2)CO3)ccc1-c1ccnc(C)c1. The normalized spacial score (nSPS) is 14.7. The Balaban J connectivity index is 1.41. The van der Waals surface area contributed by atoms with E-state index < -0.39 is 23.5 Å². The number of aromatic nitrogens is 3. The summed E-state index contributed by atoms with van der Waals surface area (Å²) in [5, 5.41) is 3.15. The van der Waals surface area contributed by atoms with Gasteiger partial charge in [0.1, 0.15) is 12.4 Å². The van der Waals surface area contributed by atoms with E-state index in [9.17, 15) is 13.2 Å². The Kier molecular flexibility index (Phi) is 6.09. The first-order valence-electron chi connectivity index (χ1n) is 11.1. The van der Waals surface area contributed by atoms with Crippen molar-refractivity contribution in [3.8, 4) is 22.6 Å². The molecular weight excluding hydrogens is 471 g/mol. The average molecular weight is 493 g/mol. The van der Waals surface area contributed by atoms with Crippen molar-refractivity contribution in [3.05, 3.63) is 83.6 Å². The van der Waals surface area contributed by atoms with Crippen LogP contribution in [-0.2, 0) is 0 Å². The quantitative estimate of drug-likeness (QED) is 0.364. The summed E-state index contributed by atoms with van der Waals surface area (Å²) in [7, 11) is 3.32. The minimum absolute atomic E-state index is 0.0945. The van der Waals surface area contributed by atoms with Gasteiger partial charge in [0.05, 0.1) is 19.3 Å². The number of rotatable bonds is 5. The number of halogens is 3. The van der Waals surface area contributed by atoms with Crippen LogP contribution in [0.5, 0.6) is 11.5 Å². The molecule has 1 N–H and O–H groups in total. The van der Waals surface area contributed by atoms with Gasteiger partial charge in [-0.1, -0.05) is 0 Å². The maximum absolute atomic E-state index is 13.8. The molecule has 0 spiro atoms. The smallest absolute Gasteiger partial charge is 0.229 e. The van der Waals surface area contributed by atoms with E-state index in [2.05, 4.69) is 20.3 Å². The molecule has 1 atom stereocenters. The molecule has 1 aliphatic heterocycles. The largest absolute Gasteiger partial charge is 0.496 e. The number of hydrogen-bond donors (Lipinski definition) is 1. The summed E-state index contributed by atoms with van der Waals surface area (Å²) >= 11 is 0. The van der Waals surface area contributed by atoms with Crippen molar-refractivity contribution in [3.63, 3.8) is 0 Å². The van der Waals surface area contributed by atoms with Crippen LogP contribution in [-0.4, -0.2) is 35.7 Å². The number of fused-ring (bicyclic) bond motifs is 1. The highest BCUT2D eigenvalue weighted by atomic mass is 19.2. The highest BCUT2D eigenvalue weighted by molar-refractivity contribution is 5.74. The van der Waals surface area contributed by atoms with E-state index in [1.54, 1.807) is 25.3 Å². The van der Waals surface area contributed by atoms with E-state index in [1.807, 2.05) is 37.3 Å². The Morgan fingerprint density at radius 1 is 1.06 bits per heavy atom. The lowest BCUT2D eigenvalue weighted by atomic mass is 10.0. The van der Waals surface area contributed by atoms with Crippen LogP contribution in [0.3, 0.4) is 0 Å². The number of nitrogens with zero attached hydrogens (tertiary/aromatic N) is 4. The number of anilines is 3. The second kappa shape index (κ2) is 9.37. The maximum Gasteiger partial charge on any atom is 0.229 e. The van der Waals surface area contributed by atoms with Crippen LogP contribution < -0.4 is 19.7 Å². The summed E-state index contributed by atoms with van der Waals surface area (Å²) in [6.07, 6.45) is 3.27. The molecule has 4 aromatic rings. The van der Waals surface area contributed by atoms with Crippen molar-refractivity contribution in [2.24, 2.45) is 0 Å². The lowest BCUT2D eigenvalue weighted by Crippen LogP contribution is -2.34. The topological polar surface area (TPSA) is 72.4 Å². The van der Waals surface area contributed by atoms with Gasteiger partial charge in [0.25, 0.3) is 0 Å². The molecule has 0 aliphatic carbocycles. The minimum Gasteiger partial charge on any atom is -0.496 e. The number of aryl methyl sites for hydroxylation is 1. The van der Waals surface area contributed by atoms with Crippen LogP contribution >= 0.6 is 0 Å². The fourth-order valence-electron chi connectivity index (χ4n) is 4.14. The Labute approximate surface area is 205 Å². The molecule has 0 fully saturated rings. The molecule has 10 heteroatoms. The van der Waals surface area contributed by atoms with E-state index in [0.717, 1.165) is 29.0 Å². The molecule has 3 heterocycles. The summed E-state index contributed by atoms with van der Waals surface area (Å²) in [4.78, 5) is 14.8. The zero-order valence-electron chi connectivity index (χ0n) is 19.7.